The molecule has 1 fully saturated rings. The minimum absolute atomic E-state index is 0.0616. The van der Waals surface area contributed by atoms with Crippen LogP contribution in [-0.4, -0.2) is 35.8 Å². The molecule has 5 nitrogen and oxygen atoms in total. The zero-order valence-corrected chi connectivity index (χ0v) is 13.9. The first-order chi connectivity index (χ1) is 11.2. The number of aromatic nitrogens is 1. The summed E-state index contributed by atoms with van der Waals surface area (Å²) in [5.41, 5.74) is 1.87. The normalized spacial score (nSPS) is 17.4. The van der Waals surface area contributed by atoms with E-state index < -0.39 is 0 Å². The second kappa shape index (κ2) is 6.91. The van der Waals surface area contributed by atoms with Gasteiger partial charge in [0.1, 0.15) is 16.9 Å². The van der Waals surface area contributed by atoms with Crippen LogP contribution < -0.4 is 9.47 Å². The third kappa shape index (κ3) is 3.42. The molecule has 0 aliphatic carbocycles. The number of nitrogens with zero attached hydrogens (tertiary/aromatic N) is 2. The lowest BCUT2D eigenvalue weighted by atomic mass is 10.1. The van der Waals surface area contributed by atoms with Gasteiger partial charge in [-0.3, -0.25) is 9.78 Å². The lowest BCUT2D eigenvalue weighted by Crippen LogP contribution is -2.28. The Kier molecular flexibility index (Phi) is 4.71. The van der Waals surface area contributed by atoms with E-state index in [2.05, 4.69) is 4.98 Å². The maximum absolute atomic E-state index is 12.3. The van der Waals surface area contributed by atoms with E-state index in [4.69, 9.17) is 9.47 Å². The van der Waals surface area contributed by atoms with E-state index in [0.717, 1.165) is 22.8 Å². The Morgan fingerprint density at radius 2 is 1.96 bits per heavy atom. The summed E-state index contributed by atoms with van der Waals surface area (Å²) in [7, 11) is 3.24. The van der Waals surface area contributed by atoms with E-state index in [0.29, 0.717) is 12.3 Å². The molecule has 1 saturated heterocycles. The fourth-order valence-corrected chi connectivity index (χ4v) is 3.71. The Hall–Kier alpha value is -2.21. The second-order valence-corrected chi connectivity index (χ2v) is 6.22. The van der Waals surface area contributed by atoms with Crippen molar-refractivity contribution in [3.8, 4) is 11.5 Å². The van der Waals surface area contributed by atoms with E-state index >= 15 is 0 Å². The summed E-state index contributed by atoms with van der Waals surface area (Å²) in [6, 6.07) is 11.5. The molecule has 1 atom stereocenters. The molecule has 120 valence electrons. The van der Waals surface area contributed by atoms with Crippen molar-refractivity contribution in [2.45, 2.75) is 11.9 Å². The van der Waals surface area contributed by atoms with Gasteiger partial charge in [0.25, 0.3) is 0 Å². The molecule has 0 saturated carbocycles. The number of pyridine rings is 1. The summed E-state index contributed by atoms with van der Waals surface area (Å²) < 4.78 is 10.7. The third-order valence-corrected chi connectivity index (χ3v) is 4.94. The maximum Gasteiger partial charge on any atom is 0.234 e. The Morgan fingerprint density at radius 3 is 2.57 bits per heavy atom. The molecule has 1 aromatic carbocycles. The number of carbonyl (C=O) groups excluding carboxylic acids is 1. The van der Waals surface area contributed by atoms with Crippen LogP contribution in [0.15, 0.2) is 42.6 Å². The number of methoxy groups -OCH3 is 2. The van der Waals surface area contributed by atoms with Crippen molar-refractivity contribution in [1.82, 2.24) is 9.88 Å². The summed E-state index contributed by atoms with van der Waals surface area (Å²) in [5.74, 6) is 2.03. The fourth-order valence-electron chi connectivity index (χ4n) is 2.54. The van der Waals surface area contributed by atoms with Crippen LogP contribution in [0.4, 0.5) is 0 Å². The van der Waals surface area contributed by atoms with Crippen molar-refractivity contribution >= 4 is 17.7 Å². The third-order valence-electron chi connectivity index (χ3n) is 3.69. The van der Waals surface area contributed by atoms with Gasteiger partial charge in [0.15, 0.2) is 0 Å². The Bertz CT molecular complexity index is 671. The summed E-state index contributed by atoms with van der Waals surface area (Å²) in [6.45, 7) is 0.497. The van der Waals surface area contributed by atoms with E-state index in [1.807, 2.05) is 41.3 Å². The Balaban J connectivity index is 1.90. The summed E-state index contributed by atoms with van der Waals surface area (Å²) >= 11 is 1.61. The van der Waals surface area contributed by atoms with Crippen LogP contribution in [0.25, 0.3) is 0 Å². The van der Waals surface area contributed by atoms with Gasteiger partial charge >= 0.3 is 0 Å². The number of thioether (sulfide) groups is 1. The van der Waals surface area contributed by atoms with Crippen molar-refractivity contribution in [2.24, 2.45) is 0 Å². The van der Waals surface area contributed by atoms with Gasteiger partial charge in [-0.2, -0.15) is 0 Å². The van der Waals surface area contributed by atoms with Gasteiger partial charge in [0, 0.05) is 12.3 Å². The van der Waals surface area contributed by atoms with Crippen LogP contribution >= 0.6 is 11.8 Å². The summed E-state index contributed by atoms with van der Waals surface area (Å²) in [4.78, 5) is 18.5. The molecule has 1 unspecified atom stereocenters. The highest BCUT2D eigenvalue weighted by Crippen LogP contribution is 2.41. The number of rotatable bonds is 5. The van der Waals surface area contributed by atoms with Gasteiger partial charge in [0.2, 0.25) is 5.91 Å². The molecular formula is C17H18N2O3S. The van der Waals surface area contributed by atoms with Crippen LogP contribution in [0.5, 0.6) is 11.5 Å². The largest absolute Gasteiger partial charge is 0.497 e. The smallest absolute Gasteiger partial charge is 0.234 e. The zero-order valence-electron chi connectivity index (χ0n) is 13.1. The van der Waals surface area contributed by atoms with Crippen molar-refractivity contribution in [3.05, 3.63) is 53.9 Å². The van der Waals surface area contributed by atoms with Crippen molar-refractivity contribution in [3.63, 3.8) is 0 Å². The highest BCUT2D eigenvalue weighted by atomic mass is 32.2. The van der Waals surface area contributed by atoms with Crippen molar-refractivity contribution in [1.29, 1.82) is 0 Å². The summed E-state index contributed by atoms with van der Waals surface area (Å²) in [6.07, 6.45) is 1.74. The molecule has 1 aliphatic heterocycles. The van der Waals surface area contributed by atoms with Crippen LogP contribution in [-0.2, 0) is 11.3 Å². The lowest BCUT2D eigenvalue weighted by Gasteiger charge is -2.24. The van der Waals surface area contributed by atoms with Gasteiger partial charge < -0.3 is 14.4 Å². The minimum atomic E-state index is -0.0616. The predicted octanol–water partition coefficient (Wildman–Crippen LogP) is 2.87. The molecule has 2 heterocycles. The SMILES string of the molecule is COc1cc(OC)cc(C2SCC(=O)N2Cc2ccccn2)c1. The standard InChI is InChI=1S/C17H18N2O3S/c1-21-14-7-12(8-15(9-14)22-2)17-19(16(20)11-23-17)10-13-5-3-4-6-18-13/h3-9,17H,10-11H2,1-2H3. The quantitative estimate of drug-likeness (QED) is 0.844. The fraction of sp³-hybridized carbons (Fsp3) is 0.294. The Labute approximate surface area is 139 Å². The average Bonchev–Trinajstić information content (AvgIpc) is 2.96. The molecule has 1 aliphatic rings. The van der Waals surface area contributed by atoms with Gasteiger partial charge in [0.05, 0.1) is 32.2 Å². The van der Waals surface area contributed by atoms with Crippen LogP contribution in [0.1, 0.15) is 16.6 Å². The number of ether oxygens (including phenoxy) is 2. The van der Waals surface area contributed by atoms with Gasteiger partial charge in [-0.25, -0.2) is 0 Å². The molecule has 1 aromatic heterocycles. The molecule has 0 spiro atoms. The van der Waals surface area contributed by atoms with E-state index in [1.165, 1.54) is 0 Å². The molecule has 23 heavy (non-hydrogen) atoms. The average molecular weight is 330 g/mol. The molecule has 6 heteroatoms. The van der Waals surface area contributed by atoms with E-state index in [9.17, 15) is 4.79 Å². The molecule has 2 aromatic rings. The van der Waals surface area contributed by atoms with Crippen LogP contribution in [0, 0.1) is 0 Å². The van der Waals surface area contributed by atoms with Gasteiger partial charge in [-0.1, -0.05) is 6.07 Å². The lowest BCUT2D eigenvalue weighted by molar-refractivity contribution is -0.128. The van der Waals surface area contributed by atoms with E-state index in [1.54, 1.807) is 32.2 Å². The van der Waals surface area contributed by atoms with Crippen molar-refractivity contribution in [2.75, 3.05) is 20.0 Å². The molecular weight excluding hydrogens is 312 g/mol. The minimum Gasteiger partial charge on any atom is -0.497 e. The predicted molar refractivity (Wildman–Crippen MR) is 89.5 cm³/mol. The maximum atomic E-state index is 12.3. The number of carbonyl (C=O) groups is 1. The first kappa shape index (κ1) is 15.7. The highest BCUT2D eigenvalue weighted by molar-refractivity contribution is 8.00. The number of hydrogen-bond donors (Lipinski definition) is 0. The van der Waals surface area contributed by atoms with Crippen LogP contribution in [0.3, 0.4) is 0 Å². The van der Waals surface area contributed by atoms with Crippen LogP contribution in [0.2, 0.25) is 0 Å². The molecule has 0 radical (unpaired) electrons. The van der Waals surface area contributed by atoms with Crippen molar-refractivity contribution < 1.29 is 14.3 Å². The van der Waals surface area contributed by atoms with Gasteiger partial charge in [-0.15, -0.1) is 11.8 Å². The summed E-state index contributed by atoms with van der Waals surface area (Å²) in [5, 5.41) is -0.0616. The monoisotopic (exact) mass is 330 g/mol. The second-order valence-electron chi connectivity index (χ2n) is 5.15. The topological polar surface area (TPSA) is 51.7 Å². The van der Waals surface area contributed by atoms with Gasteiger partial charge in [-0.05, 0) is 29.8 Å². The zero-order chi connectivity index (χ0) is 16.2. The molecule has 0 bridgehead atoms. The number of hydrogen-bond acceptors (Lipinski definition) is 5. The first-order valence-electron chi connectivity index (χ1n) is 7.25. The molecule has 0 N–H and O–H groups in total. The first-order valence-corrected chi connectivity index (χ1v) is 8.30. The number of amides is 1. The van der Waals surface area contributed by atoms with E-state index in [-0.39, 0.29) is 11.3 Å². The molecule has 1 amide bonds. The Morgan fingerprint density at radius 1 is 1.22 bits per heavy atom. The highest BCUT2D eigenvalue weighted by Gasteiger charge is 2.33. The molecule has 3 rings (SSSR count). The number of benzene rings is 1.